The molecule has 1 aromatic rings. The van der Waals surface area contributed by atoms with E-state index in [2.05, 4.69) is 31.9 Å². The van der Waals surface area contributed by atoms with Gasteiger partial charge in [0.2, 0.25) is 0 Å². The number of hydrogen-bond acceptors (Lipinski definition) is 1. The van der Waals surface area contributed by atoms with Crippen LogP contribution in [0.4, 0.5) is 4.39 Å². The van der Waals surface area contributed by atoms with Gasteiger partial charge in [0.05, 0.1) is 5.56 Å². The lowest BCUT2D eigenvalue weighted by Crippen LogP contribution is -2.32. The van der Waals surface area contributed by atoms with Gasteiger partial charge in [-0.2, -0.15) is 0 Å². The van der Waals surface area contributed by atoms with Crippen LogP contribution in [0.1, 0.15) is 17.3 Å². The molecule has 0 fully saturated rings. The molecule has 1 aromatic carbocycles. The fraction of sp³-hybridized carbons (Fsp3) is 0.364. The second-order valence-electron chi connectivity index (χ2n) is 3.56. The average Bonchev–Trinajstić information content (AvgIpc) is 2.16. The van der Waals surface area contributed by atoms with Gasteiger partial charge in [-0.1, -0.05) is 28.9 Å². The van der Waals surface area contributed by atoms with Crippen LogP contribution in [0.25, 0.3) is 0 Å². The van der Waals surface area contributed by atoms with Gasteiger partial charge >= 0.3 is 0 Å². The van der Waals surface area contributed by atoms with Crippen LogP contribution < -0.4 is 0 Å². The van der Waals surface area contributed by atoms with Crippen LogP contribution in [0.3, 0.4) is 0 Å². The van der Waals surface area contributed by atoms with Crippen molar-refractivity contribution in [3.05, 3.63) is 34.1 Å². The number of hydrogen-bond donors (Lipinski definition) is 0. The third-order valence-electron chi connectivity index (χ3n) is 2.05. The fourth-order valence-corrected chi connectivity index (χ4v) is 2.30. The van der Waals surface area contributed by atoms with E-state index in [1.807, 2.05) is 6.92 Å². The standard InChI is InChI=1S/C11H12Br2FNO/c1-7(12)6-15(2)11(16)10-8(13)4-3-5-9(10)14/h3-5,7H,6H2,1-2H3. The van der Waals surface area contributed by atoms with Gasteiger partial charge in [-0.25, -0.2) is 4.39 Å². The van der Waals surface area contributed by atoms with Crippen molar-refractivity contribution in [1.82, 2.24) is 4.90 Å². The molecule has 0 heterocycles. The van der Waals surface area contributed by atoms with Crippen LogP contribution in [-0.4, -0.2) is 29.2 Å². The number of nitrogens with zero attached hydrogens (tertiary/aromatic N) is 1. The lowest BCUT2D eigenvalue weighted by molar-refractivity contribution is 0.0792. The van der Waals surface area contributed by atoms with Gasteiger partial charge in [0.15, 0.2) is 0 Å². The number of carbonyl (C=O) groups excluding carboxylic acids is 1. The Bertz CT molecular complexity index is 375. The number of benzene rings is 1. The van der Waals surface area contributed by atoms with Gasteiger partial charge in [0.1, 0.15) is 5.82 Å². The zero-order chi connectivity index (χ0) is 12.3. The van der Waals surface area contributed by atoms with Crippen molar-refractivity contribution >= 4 is 37.8 Å². The Kier molecular flexibility index (Phi) is 4.92. The highest BCUT2D eigenvalue weighted by molar-refractivity contribution is 9.10. The Morgan fingerprint density at radius 1 is 1.56 bits per heavy atom. The number of rotatable bonds is 3. The third-order valence-corrected chi connectivity index (χ3v) is 3.00. The molecule has 0 radical (unpaired) electrons. The number of carbonyl (C=O) groups is 1. The first-order chi connectivity index (χ1) is 7.43. The summed E-state index contributed by atoms with van der Waals surface area (Å²) in [5.41, 5.74) is 0.0816. The van der Waals surface area contributed by atoms with E-state index in [4.69, 9.17) is 0 Å². The molecule has 5 heteroatoms. The molecule has 0 aliphatic heterocycles. The monoisotopic (exact) mass is 351 g/mol. The van der Waals surface area contributed by atoms with Crippen LogP contribution in [0.5, 0.6) is 0 Å². The van der Waals surface area contributed by atoms with Crippen molar-refractivity contribution in [1.29, 1.82) is 0 Å². The first-order valence-corrected chi connectivity index (χ1v) is 6.48. The van der Waals surface area contributed by atoms with E-state index in [1.54, 1.807) is 19.2 Å². The van der Waals surface area contributed by atoms with Crippen molar-refractivity contribution < 1.29 is 9.18 Å². The zero-order valence-corrected chi connectivity index (χ0v) is 12.2. The maximum atomic E-state index is 13.5. The topological polar surface area (TPSA) is 20.3 Å². The highest BCUT2D eigenvalue weighted by Gasteiger charge is 2.19. The first-order valence-electron chi connectivity index (χ1n) is 4.77. The molecule has 2 nitrogen and oxygen atoms in total. The van der Waals surface area contributed by atoms with Crippen LogP contribution >= 0.6 is 31.9 Å². The molecule has 1 atom stereocenters. The van der Waals surface area contributed by atoms with Gasteiger partial charge in [-0.3, -0.25) is 4.79 Å². The van der Waals surface area contributed by atoms with Crippen LogP contribution in [0.2, 0.25) is 0 Å². The van der Waals surface area contributed by atoms with Crippen molar-refractivity contribution in [2.24, 2.45) is 0 Å². The lowest BCUT2D eigenvalue weighted by Gasteiger charge is -2.19. The molecule has 0 bridgehead atoms. The van der Waals surface area contributed by atoms with Crippen LogP contribution in [0.15, 0.2) is 22.7 Å². The minimum atomic E-state index is -0.506. The molecule has 0 saturated carbocycles. The molecule has 0 saturated heterocycles. The molecule has 1 amide bonds. The van der Waals surface area contributed by atoms with E-state index in [1.165, 1.54) is 11.0 Å². The predicted molar refractivity (Wildman–Crippen MR) is 69.4 cm³/mol. The van der Waals surface area contributed by atoms with Gasteiger partial charge in [-0.05, 0) is 28.1 Å². The summed E-state index contributed by atoms with van der Waals surface area (Å²) < 4.78 is 14.0. The third kappa shape index (κ3) is 3.28. The number of amides is 1. The Balaban J connectivity index is 2.96. The summed E-state index contributed by atoms with van der Waals surface area (Å²) in [4.78, 5) is 13.6. The molecule has 1 unspecified atom stereocenters. The molecule has 0 spiro atoms. The van der Waals surface area contributed by atoms with Crippen molar-refractivity contribution in [3.63, 3.8) is 0 Å². The molecule has 0 aliphatic carbocycles. The quantitative estimate of drug-likeness (QED) is 0.763. The van der Waals surface area contributed by atoms with E-state index < -0.39 is 5.82 Å². The summed E-state index contributed by atoms with van der Waals surface area (Å²) in [6.07, 6.45) is 0. The normalized spacial score (nSPS) is 12.3. The van der Waals surface area contributed by atoms with Crippen LogP contribution in [0, 0.1) is 5.82 Å². The smallest absolute Gasteiger partial charge is 0.257 e. The van der Waals surface area contributed by atoms with Gasteiger partial charge in [0, 0.05) is 22.9 Å². The molecular weight excluding hydrogens is 341 g/mol. The molecule has 0 aromatic heterocycles. The van der Waals surface area contributed by atoms with E-state index in [0.717, 1.165) is 0 Å². The van der Waals surface area contributed by atoms with E-state index >= 15 is 0 Å². The van der Waals surface area contributed by atoms with Gasteiger partial charge in [0.25, 0.3) is 5.91 Å². The zero-order valence-electron chi connectivity index (χ0n) is 9.01. The summed E-state index contributed by atoms with van der Waals surface area (Å²) in [7, 11) is 1.65. The average molecular weight is 353 g/mol. The fourth-order valence-electron chi connectivity index (χ4n) is 1.35. The van der Waals surface area contributed by atoms with E-state index in [-0.39, 0.29) is 16.3 Å². The lowest BCUT2D eigenvalue weighted by atomic mass is 10.2. The predicted octanol–water partition coefficient (Wildman–Crippen LogP) is 3.44. The van der Waals surface area contributed by atoms with Gasteiger partial charge < -0.3 is 4.90 Å². The maximum absolute atomic E-state index is 13.5. The van der Waals surface area contributed by atoms with Gasteiger partial charge in [-0.15, -0.1) is 0 Å². The summed E-state index contributed by atoms with van der Waals surface area (Å²) in [6.45, 7) is 2.46. The summed E-state index contributed by atoms with van der Waals surface area (Å²) in [5.74, 6) is -0.829. The Labute approximate surface area is 111 Å². The minimum absolute atomic E-state index is 0.0816. The molecule has 88 valence electrons. The molecule has 1 rings (SSSR count). The Morgan fingerprint density at radius 3 is 2.69 bits per heavy atom. The number of alkyl halides is 1. The summed E-state index contributed by atoms with van der Waals surface area (Å²) >= 11 is 6.54. The minimum Gasteiger partial charge on any atom is -0.340 e. The highest BCUT2D eigenvalue weighted by atomic mass is 79.9. The van der Waals surface area contributed by atoms with Crippen molar-refractivity contribution in [2.75, 3.05) is 13.6 Å². The second-order valence-corrected chi connectivity index (χ2v) is 5.98. The highest BCUT2D eigenvalue weighted by Crippen LogP contribution is 2.21. The maximum Gasteiger partial charge on any atom is 0.257 e. The van der Waals surface area contributed by atoms with E-state index in [0.29, 0.717) is 11.0 Å². The molecule has 0 N–H and O–H groups in total. The SMILES string of the molecule is CC(Br)CN(C)C(=O)c1c(F)cccc1Br. The first kappa shape index (κ1) is 13.6. The molecule has 0 aliphatic rings. The Hall–Kier alpha value is -0.420. The summed E-state index contributed by atoms with van der Waals surface area (Å²) in [5, 5.41) is 0. The molecule has 16 heavy (non-hydrogen) atoms. The molecular formula is C11H12Br2FNO. The van der Waals surface area contributed by atoms with Crippen molar-refractivity contribution in [3.8, 4) is 0 Å². The van der Waals surface area contributed by atoms with E-state index in [9.17, 15) is 9.18 Å². The van der Waals surface area contributed by atoms with Crippen LogP contribution in [-0.2, 0) is 0 Å². The second kappa shape index (κ2) is 5.77. The van der Waals surface area contributed by atoms with Crippen molar-refractivity contribution in [2.45, 2.75) is 11.8 Å². The Morgan fingerprint density at radius 2 is 2.19 bits per heavy atom. The summed E-state index contributed by atoms with van der Waals surface area (Å²) in [6, 6.07) is 4.49. The largest absolute Gasteiger partial charge is 0.340 e. The number of halogens is 3.